The highest BCUT2D eigenvalue weighted by molar-refractivity contribution is 6.15. The van der Waals surface area contributed by atoms with Crippen molar-refractivity contribution in [3.8, 4) is 0 Å². The molecule has 7 heteroatoms. The molecule has 4 saturated carbocycles. The van der Waals surface area contributed by atoms with Crippen LogP contribution >= 0.6 is 0 Å². The van der Waals surface area contributed by atoms with Gasteiger partial charge in [-0.25, -0.2) is 9.59 Å². The summed E-state index contributed by atoms with van der Waals surface area (Å²) in [5, 5.41) is 6.28. The maximum atomic E-state index is 13.1. The number of benzene rings is 1. The van der Waals surface area contributed by atoms with Gasteiger partial charge in [-0.1, -0.05) is 6.07 Å². The summed E-state index contributed by atoms with van der Waals surface area (Å²) in [4.78, 5) is 37.2. The fraction of sp³-hybridized carbons (Fsp3) is 0.542. The summed E-state index contributed by atoms with van der Waals surface area (Å²) in [5.41, 5.74) is 0.868. The van der Waals surface area contributed by atoms with Crippen molar-refractivity contribution in [3.05, 3.63) is 41.6 Å². The van der Waals surface area contributed by atoms with Crippen LogP contribution in [0, 0.1) is 17.8 Å². The molecule has 2 N–H and O–H groups in total. The number of nitrogens with one attached hydrogen (secondary N) is 2. The molecule has 164 valence electrons. The summed E-state index contributed by atoms with van der Waals surface area (Å²) in [6.45, 7) is 3.00. The third kappa shape index (κ3) is 3.93. The minimum absolute atomic E-state index is 0.0559. The Morgan fingerprint density at radius 3 is 2.16 bits per heavy atom. The van der Waals surface area contributed by atoms with E-state index in [-0.39, 0.29) is 17.0 Å². The zero-order chi connectivity index (χ0) is 21.8. The van der Waals surface area contributed by atoms with E-state index < -0.39 is 17.7 Å². The summed E-state index contributed by atoms with van der Waals surface area (Å²) < 4.78 is 10.2. The molecule has 7 nitrogen and oxygen atoms in total. The number of rotatable bonds is 4. The van der Waals surface area contributed by atoms with Crippen LogP contribution in [0.3, 0.4) is 0 Å². The summed E-state index contributed by atoms with van der Waals surface area (Å²) in [7, 11) is 0. The topological polar surface area (TPSA) is 93.7 Å². The zero-order valence-corrected chi connectivity index (χ0v) is 17.9. The highest BCUT2D eigenvalue weighted by Crippen LogP contribution is 2.55. The molecule has 0 spiro atoms. The first-order valence-electron chi connectivity index (χ1n) is 11.1. The Morgan fingerprint density at radius 1 is 1.00 bits per heavy atom. The van der Waals surface area contributed by atoms with Crippen molar-refractivity contribution >= 4 is 23.5 Å². The first kappa shape index (κ1) is 20.1. The minimum atomic E-state index is -1.28. The molecule has 31 heavy (non-hydrogen) atoms. The molecule has 1 aromatic rings. The van der Waals surface area contributed by atoms with Crippen LogP contribution in [0.25, 0.3) is 0 Å². The number of carbonyl (C=O) groups is 3. The second-order valence-electron chi connectivity index (χ2n) is 10.1. The molecule has 6 rings (SSSR count). The second-order valence-corrected chi connectivity index (χ2v) is 10.1. The predicted octanol–water partition coefficient (Wildman–Crippen LogP) is 3.52. The average molecular weight is 424 g/mol. The molecule has 1 aromatic carbocycles. The maximum absolute atomic E-state index is 13.1. The van der Waals surface area contributed by atoms with Gasteiger partial charge in [0.25, 0.3) is 11.7 Å². The maximum Gasteiger partial charge on any atom is 0.350 e. The summed E-state index contributed by atoms with van der Waals surface area (Å²) in [5.74, 6) is -0.574. The Morgan fingerprint density at radius 2 is 1.58 bits per heavy atom. The van der Waals surface area contributed by atoms with Crippen LogP contribution in [0.1, 0.15) is 62.7 Å². The van der Waals surface area contributed by atoms with Crippen LogP contribution in [-0.4, -0.2) is 29.2 Å². The molecule has 1 heterocycles. The average Bonchev–Trinajstić information content (AvgIpc) is 2.65. The van der Waals surface area contributed by atoms with Crippen LogP contribution in [0.5, 0.6) is 0 Å². The van der Waals surface area contributed by atoms with Crippen LogP contribution in [0.15, 0.2) is 36.0 Å². The molecule has 1 aliphatic heterocycles. The van der Waals surface area contributed by atoms with Crippen molar-refractivity contribution in [1.82, 2.24) is 5.32 Å². The highest BCUT2D eigenvalue weighted by Gasteiger charge is 2.51. The standard InChI is InChI=1S/C24H28N2O5/c1-23(2)30-21(28)19(22(29)31-23)13-25-18-5-3-4-17(9-18)20(27)26-24-10-14-6-15(11-24)8-16(7-14)12-24/h3-5,9,13-16,25H,6-8,10-12H2,1-2H3,(H,26,27). The summed E-state index contributed by atoms with van der Waals surface area (Å²) in [6.07, 6.45) is 8.51. The lowest BCUT2D eigenvalue weighted by Crippen LogP contribution is -2.59. The highest BCUT2D eigenvalue weighted by atomic mass is 16.7. The molecule has 5 aliphatic rings. The fourth-order valence-electron chi connectivity index (χ4n) is 6.26. The Kier molecular flexibility index (Phi) is 4.61. The lowest BCUT2D eigenvalue weighted by atomic mass is 9.53. The number of esters is 2. The third-order valence-corrected chi connectivity index (χ3v) is 7.04. The van der Waals surface area contributed by atoms with Crippen LogP contribution in [0.4, 0.5) is 5.69 Å². The van der Waals surface area contributed by atoms with Gasteiger partial charge < -0.3 is 20.1 Å². The van der Waals surface area contributed by atoms with E-state index in [0.717, 1.165) is 37.0 Å². The number of hydrogen-bond donors (Lipinski definition) is 2. The SMILES string of the molecule is CC1(C)OC(=O)C(=CNc2cccc(C(=O)NC34CC5CC(CC(C5)C3)C4)c2)C(=O)O1. The number of hydrogen-bond acceptors (Lipinski definition) is 6. The number of ether oxygens (including phenoxy) is 2. The van der Waals surface area contributed by atoms with Gasteiger partial charge in [0, 0.05) is 36.8 Å². The lowest BCUT2D eigenvalue weighted by Gasteiger charge is -2.56. The van der Waals surface area contributed by atoms with Gasteiger partial charge in [0.05, 0.1) is 0 Å². The van der Waals surface area contributed by atoms with E-state index in [0.29, 0.717) is 11.3 Å². The first-order valence-corrected chi connectivity index (χ1v) is 11.1. The van der Waals surface area contributed by atoms with E-state index in [1.54, 1.807) is 24.3 Å². The van der Waals surface area contributed by atoms with Crippen LogP contribution in [0.2, 0.25) is 0 Å². The largest absolute Gasteiger partial charge is 0.419 e. The predicted molar refractivity (Wildman–Crippen MR) is 113 cm³/mol. The third-order valence-electron chi connectivity index (χ3n) is 7.04. The van der Waals surface area contributed by atoms with Crippen molar-refractivity contribution in [2.75, 3.05) is 5.32 Å². The lowest BCUT2D eigenvalue weighted by molar-refractivity contribution is -0.222. The first-order chi connectivity index (χ1) is 14.7. The van der Waals surface area contributed by atoms with Gasteiger partial charge in [-0.15, -0.1) is 0 Å². The number of amides is 1. The van der Waals surface area contributed by atoms with Gasteiger partial charge in [0.15, 0.2) is 5.57 Å². The summed E-state index contributed by atoms with van der Waals surface area (Å²) in [6, 6.07) is 7.04. The molecule has 0 aromatic heterocycles. The van der Waals surface area contributed by atoms with E-state index in [9.17, 15) is 14.4 Å². The molecule has 0 unspecified atom stereocenters. The Balaban J connectivity index is 1.28. The Labute approximate surface area is 181 Å². The number of carbonyl (C=O) groups excluding carboxylic acids is 3. The minimum Gasteiger partial charge on any atom is -0.419 e. The zero-order valence-electron chi connectivity index (χ0n) is 17.9. The number of cyclic esters (lactones) is 2. The molecule has 1 amide bonds. The second kappa shape index (κ2) is 7.11. The van der Waals surface area contributed by atoms with Crippen molar-refractivity contribution in [1.29, 1.82) is 0 Å². The molecular formula is C24H28N2O5. The van der Waals surface area contributed by atoms with Crippen LogP contribution in [-0.2, 0) is 19.1 Å². The Bertz CT molecular complexity index is 923. The van der Waals surface area contributed by atoms with E-state index in [1.807, 2.05) is 0 Å². The van der Waals surface area contributed by atoms with Gasteiger partial charge in [0.2, 0.25) is 0 Å². The van der Waals surface area contributed by atoms with Gasteiger partial charge in [-0.2, -0.15) is 0 Å². The molecule has 0 radical (unpaired) electrons. The summed E-state index contributed by atoms with van der Waals surface area (Å²) >= 11 is 0. The molecule has 1 saturated heterocycles. The molecular weight excluding hydrogens is 396 g/mol. The Hall–Kier alpha value is -2.83. The normalized spacial score (nSPS) is 32.8. The molecule has 5 fully saturated rings. The van der Waals surface area contributed by atoms with E-state index in [4.69, 9.17) is 9.47 Å². The van der Waals surface area contributed by atoms with E-state index >= 15 is 0 Å². The van der Waals surface area contributed by atoms with Gasteiger partial charge >= 0.3 is 11.9 Å². The van der Waals surface area contributed by atoms with Gasteiger partial charge in [-0.3, -0.25) is 4.79 Å². The monoisotopic (exact) mass is 424 g/mol. The fourth-order valence-corrected chi connectivity index (χ4v) is 6.26. The smallest absolute Gasteiger partial charge is 0.350 e. The molecule has 0 atom stereocenters. The van der Waals surface area contributed by atoms with Crippen LogP contribution < -0.4 is 10.6 Å². The molecule has 4 bridgehead atoms. The number of anilines is 1. The van der Waals surface area contributed by atoms with Gasteiger partial charge in [0.1, 0.15) is 0 Å². The quantitative estimate of drug-likeness (QED) is 0.436. The van der Waals surface area contributed by atoms with E-state index in [2.05, 4.69) is 10.6 Å². The van der Waals surface area contributed by atoms with Crippen molar-refractivity contribution in [3.63, 3.8) is 0 Å². The van der Waals surface area contributed by atoms with Gasteiger partial charge in [-0.05, 0) is 74.5 Å². The van der Waals surface area contributed by atoms with Crippen molar-refractivity contribution in [2.45, 2.75) is 63.7 Å². The van der Waals surface area contributed by atoms with Crippen molar-refractivity contribution in [2.24, 2.45) is 17.8 Å². The van der Waals surface area contributed by atoms with E-state index in [1.165, 1.54) is 39.3 Å². The molecule has 4 aliphatic carbocycles. The van der Waals surface area contributed by atoms with Crippen molar-refractivity contribution < 1.29 is 23.9 Å².